The number of hydrogen-bond donors (Lipinski definition) is 3. The molecule has 1 aliphatic heterocycles. The van der Waals surface area contributed by atoms with Gasteiger partial charge in [-0.3, -0.25) is 4.90 Å². The quantitative estimate of drug-likeness (QED) is 0.653. The molecule has 0 aromatic heterocycles. The molecule has 1 saturated heterocycles. The van der Waals surface area contributed by atoms with Crippen molar-refractivity contribution in [1.82, 2.24) is 4.90 Å². The molecule has 4 N–H and O–H groups in total. The number of aromatic hydroxyl groups is 1. The summed E-state index contributed by atoms with van der Waals surface area (Å²) in [6.07, 6.45) is 6.47. The van der Waals surface area contributed by atoms with Gasteiger partial charge in [-0.25, -0.2) is 0 Å². The topological polar surface area (TPSA) is 69.7 Å². The fraction of sp³-hybridized carbons (Fsp3) is 0.684. The van der Waals surface area contributed by atoms with E-state index in [1.54, 1.807) is 0 Å². The summed E-state index contributed by atoms with van der Waals surface area (Å²) in [4.78, 5) is 2.49. The SMILES string of the molecule is BCCc1ccc(CC2CN(C3(C(N)CO)CCC3)C2)c(C)c1O. The summed E-state index contributed by atoms with van der Waals surface area (Å²) >= 11 is 0. The Morgan fingerprint density at radius 3 is 2.54 bits per heavy atom. The average molecular weight is 330 g/mol. The van der Waals surface area contributed by atoms with Crippen molar-refractivity contribution in [2.75, 3.05) is 19.7 Å². The van der Waals surface area contributed by atoms with Gasteiger partial charge in [-0.1, -0.05) is 18.5 Å². The zero-order chi connectivity index (χ0) is 17.3. The Hall–Kier alpha value is -1.04. The van der Waals surface area contributed by atoms with Gasteiger partial charge < -0.3 is 15.9 Å². The maximum absolute atomic E-state index is 10.4. The number of aliphatic hydroxyl groups is 1. The Labute approximate surface area is 146 Å². The fourth-order valence-electron chi connectivity index (χ4n) is 4.49. The summed E-state index contributed by atoms with van der Waals surface area (Å²) in [6.45, 7) is 4.23. The highest BCUT2D eigenvalue weighted by Crippen LogP contribution is 2.44. The predicted molar refractivity (Wildman–Crippen MR) is 100 cm³/mol. The van der Waals surface area contributed by atoms with E-state index in [2.05, 4.69) is 24.9 Å². The van der Waals surface area contributed by atoms with E-state index in [0.29, 0.717) is 11.7 Å². The van der Waals surface area contributed by atoms with Gasteiger partial charge in [0.2, 0.25) is 0 Å². The highest BCUT2D eigenvalue weighted by Gasteiger charge is 2.50. The van der Waals surface area contributed by atoms with E-state index < -0.39 is 0 Å². The van der Waals surface area contributed by atoms with Crippen LogP contribution < -0.4 is 5.73 Å². The molecule has 1 aliphatic carbocycles. The Kier molecular flexibility index (Phi) is 5.23. The molecular weight excluding hydrogens is 299 g/mol. The first-order valence-corrected chi connectivity index (χ1v) is 9.43. The van der Waals surface area contributed by atoms with Gasteiger partial charge in [0.1, 0.15) is 13.6 Å². The van der Waals surface area contributed by atoms with Crippen molar-refractivity contribution >= 4 is 7.85 Å². The predicted octanol–water partition coefficient (Wildman–Crippen LogP) is 1.01. The lowest BCUT2D eigenvalue weighted by molar-refractivity contribution is -0.0843. The Morgan fingerprint density at radius 2 is 2.00 bits per heavy atom. The number of phenolic OH excluding ortho intramolecular Hbond substituents is 1. The summed E-state index contributed by atoms with van der Waals surface area (Å²) in [7, 11) is 2.14. The molecule has 0 radical (unpaired) electrons. The molecule has 1 aromatic carbocycles. The van der Waals surface area contributed by atoms with E-state index in [1.807, 2.05) is 6.92 Å². The number of benzene rings is 1. The van der Waals surface area contributed by atoms with E-state index in [9.17, 15) is 10.2 Å². The average Bonchev–Trinajstić information content (AvgIpc) is 2.50. The molecule has 1 aromatic rings. The highest BCUT2D eigenvalue weighted by atomic mass is 16.3. The molecule has 1 unspecified atom stereocenters. The van der Waals surface area contributed by atoms with Crippen LogP contribution in [0.5, 0.6) is 5.75 Å². The lowest BCUT2D eigenvalue weighted by Gasteiger charge is -2.59. The van der Waals surface area contributed by atoms with Gasteiger partial charge in [0.05, 0.1) is 6.61 Å². The van der Waals surface area contributed by atoms with Crippen molar-refractivity contribution in [2.45, 2.75) is 56.9 Å². The van der Waals surface area contributed by atoms with Gasteiger partial charge in [-0.15, -0.1) is 0 Å². The van der Waals surface area contributed by atoms with Crippen LogP contribution in [-0.2, 0) is 12.8 Å². The van der Waals surface area contributed by atoms with Crippen LogP contribution in [0.1, 0.15) is 36.0 Å². The van der Waals surface area contributed by atoms with Gasteiger partial charge in [-0.2, -0.15) is 0 Å². The molecule has 2 aliphatic rings. The number of likely N-dealkylation sites (tertiary alicyclic amines) is 1. The van der Waals surface area contributed by atoms with E-state index >= 15 is 0 Å². The summed E-state index contributed by atoms with van der Waals surface area (Å²) in [5.41, 5.74) is 9.62. The highest BCUT2D eigenvalue weighted by molar-refractivity contribution is 6.08. The maximum atomic E-state index is 10.4. The summed E-state index contributed by atoms with van der Waals surface area (Å²) in [6, 6.07) is 4.17. The van der Waals surface area contributed by atoms with Gasteiger partial charge in [0.15, 0.2) is 0 Å². The second-order valence-electron chi connectivity index (χ2n) is 7.83. The van der Waals surface area contributed by atoms with Crippen LogP contribution in [0.4, 0.5) is 0 Å². The van der Waals surface area contributed by atoms with Crippen LogP contribution in [0.15, 0.2) is 12.1 Å². The Morgan fingerprint density at radius 1 is 1.33 bits per heavy atom. The van der Waals surface area contributed by atoms with Crippen molar-refractivity contribution in [3.8, 4) is 5.75 Å². The van der Waals surface area contributed by atoms with Crippen LogP contribution in [-0.4, -0.2) is 54.2 Å². The molecule has 3 rings (SSSR count). The first-order chi connectivity index (χ1) is 11.5. The van der Waals surface area contributed by atoms with Crippen LogP contribution in [0.25, 0.3) is 0 Å². The number of phenols is 1. The molecule has 1 heterocycles. The third-order valence-corrected chi connectivity index (χ3v) is 6.35. The molecular formula is C19H31BN2O2. The molecule has 0 bridgehead atoms. The lowest BCUT2D eigenvalue weighted by atomic mass is 9.68. The first kappa shape index (κ1) is 17.8. The normalized spacial score (nSPS) is 22.0. The molecule has 0 amide bonds. The van der Waals surface area contributed by atoms with E-state index in [0.717, 1.165) is 56.2 Å². The minimum Gasteiger partial charge on any atom is -0.507 e. The van der Waals surface area contributed by atoms with E-state index in [-0.39, 0.29) is 18.2 Å². The molecule has 2 fully saturated rings. The number of hydrogen-bond acceptors (Lipinski definition) is 4. The van der Waals surface area contributed by atoms with E-state index in [4.69, 9.17) is 5.73 Å². The lowest BCUT2D eigenvalue weighted by Crippen LogP contribution is -2.70. The van der Waals surface area contributed by atoms with Gasteiger partial charge in [0, 0.05) is 24.7 Å². The molecule has 5 heteroatoms. The van der Waals surface area contributed by atoms with Crippen molar-refractivity contribution < 1.29 is 10.2 Å². The number of rotatable bonds is 7. The number of aliphatic hydroxyl groups excluding tert-OH is 1. The number of nitrogens with two attached hydrogens (primary N) is 1. The molecule has 4 nitrogen and oxygen atoms in total. The third-order valence-electron chi connectivity index (χ3n) is 6.35. The molecule has 1 saturated carbocycles. The summed E-state index contributed by atoms with van der Waals surface area (Å²) < 4.78 is 0. The Bertz CT molecular complexity index is 583. The van der Waals surface area contributed by atoms with Crippen molar-refractivity contribution in [1.29, 1.82) is 0 Å². The zero-order valence-electron chi connectivity index (χ0n) is 15.1. The summed E-state index contributed by atoms with van der Waals surface area (Å²) in [5, 5.41) is 19.9. The van der Waals surface area contributed by atoms with Gasteiger partial charge in [-0.05, 0) is 61.6 Å². The maximum Gasteiger partial charge on any atom is 0.121 e. The molecule has 132 valence electrons. The van der Waals surface area contributed by atoms with Crippen molar-refractivity contribution in [3.63, 3.8) is 0 Å². The fourth-order valence-corrected chi connectivity index (χ4v) is 4.49. The number of aryl methyl sites for hydroxylation is 1. The molecule has 24 heavy (non-hydrogen) atoms. The van der Waals surface area contributed by atoms with Crippen LogP contribution in [0, 0.1) is 12.8 Å². The minimum atomic E-state index is -0.119. The van der Waals surface area contributed by atoms with Crippen LogP contribution in [0.2, 0.25) is 6.32 Å². The largest absolute Gasteiger partial charge is 0.507 e. The Balaban J connectivity index is 1.61. The van der Waals surface area contributed by atoms with Crippen LogP contribution in [0.3, 0.4) is 0 Å². The van der Waals surface area contributed by atoms with Gasteiger partial charge in [0.25, 0.3) is 0 Å². The monoisotopic (exact) mass is 330 g/mol. The van der Waals surface area contributed by atoms with Gasteiger partial charge >= 0.3 is 0 Å². The number of nitrogens with zero attached hydrogens (tertiary/aromatic N) is 1. The van der Waals surface area contributed by atoms with Crippen LogP contribution >= 0.6 is 0 Å². The standard InChI is InChI=1S/C19H31BN2O2/c1-13-16(4-3-15(5-8-20)18(13)24)9-14-10-22(11-14)19(6-2-7-19)17(21)12-23/h3-4,14,17,23-24H,2,5-12,20-21H2,1H3. The minimum absolute atomic E-state index is 0.0490. The summed E-state index contributed by atoms with van der Waals surface area (Å²) in [5.74, 6) is 1.12. The smallest absolute Gasteiger partial charge is 0.121 e. The zero-order valence-corrected chi connectivity index (χ0v) is 15.1. The first-order valence-electron chi connectivity index (χ1n) is 9.43. The molecule has 1 atom stereocenters. The van der Waals surface area contributed by atoms with Crippen molar-refractivity contribution in [3.05, 3.63) is 28.8 Å². The van der Waals surface area contributed by atoms with E-state index in [1.165, 1.54) is 12.0 Å². The third kappa shape index (κ3) is 2.98. The second kappa shape index (κ2) is 7.07. The van der Waals surface area contributed by atoms with Crippen molar-refractivity contribution in [2.24, 2.45) is 11.7 Å². The molecule has 0 spiro atoms. The second-order valence-corrected chi connectivity index (χ2v) is 7.83.